The Morgan fingerprint density at radius 1 is 0.435 bits per heavy atom. The Labute approximate surface area is 426 Å². The van der Waals surface area contributed by atoms with Gasteiger partial charge in [0.2, 0.25) is 0 Å². The number of hydrogen-bond acceptors (Lipinski definition) is 6. The number of thiophene rings is 2. The normalized spacial score (nSPS) is 12.7. The smallest absolute Gasteiger partial charge is 0.262 e. The van der Waals surface area contributed by atoms with Crippen LogP contribution in [0.15, 0.2) is 36.4 Å². The lowest BCUT2D eigenvalue weighted by atomic mass is 9.97. The zero-order valence-corrected chi connectivity index (χ0v) is 45.7. The third-order valence-electron chi connectivity index (χ3n) is 14.8. The average molecular weight is 979 g/mol. The van der Waals surface area contributed by atoms with Gasteiger partial charge >= 0.3 is 0 Å². The number of fused-ring (bicyclic) bond motifs is 6. The number of aryl methyl sites for hydroxylation is 2. The second-order valence-corrected chi connectivity index (χ2v) is 23.0. The quantitative estimate of drug-likeness (QED) is 0.0292. The Morgan fingerprint density at radius 3 is 1.29 bits per heavy atom. The number of rotatable bonds is 38. The highest BCUT2D eigenvalue weighted by molar-refractivity contribution is 7.23. The number of amides is 2. The van der Waals surface area contributed by atoms with E-state index in [9.17, 15) is 9.59 Å². The van der Waals surface area contributed by atoms with E-state index in [4.69, 9.17) is 9.47 Å². The molecule has 2 amide bonds. The fraction of sp³-hybridized carbons (Fsp3) is 0.645. The average Bonchev–Trinajstić information content (AvgIpc) is 4.02. The molecule has 0 saturated carbocycles. The molecule has 5 nitrogen and oxygen atoms in total. The van der Waals surface area contributed by atoms with Crippen molar-refractivity contribution < 1.29 is 19.1 Å². The Morgan fingerprint density at radius 2 is 0.826 bits per heavy atom. The molecule has 2 aromatic heterocycles. The molecular formula is C62H91NO4S2. The van der Waals surface area contributed by atoms with Gasteiger partial charge in [-0.25, -0.2) is 0 Å². The number of ether oxygens (including phenoxy) is 2. The third-order valence-corrected chi connectivity index (χ3v) is 17.0. The van der Waals surface area contributed by atoms with Gasteiger partial charge in [0.05, 0.1) is 24.3 Å². The number of hydrogen-bond donors (Lipinski definition) is 0. The predicted molar refractivity (Wildman–Crippen MR) is 301 cm³/mol. The first-order valence-corrected chi connectivity index (χ1v) is 30.2. The van der Waals surface area contributed by atoms with Crippen molar-refractivity contribution in [3.05, 3.63) is 58.0 Å². The molecule has 7 heteroatoms. The number of nitrogens with zero attached hydrogens (tertiary/aromatic N) is 1. The SMILES string of the molecule is CCCCCCCCCCCCCCN1C(=O)c2c(C)ccc(-c3cc4cc(OCCCCCCCCCCCC)c5c6sc(C)cc6cc(OCCCCCCCCCCCC)c5c4s3)c2C1=O. The molecule has 0 aliphatic carbocycles. The lowest BCUT2D eigenvalue weighted by Crippen LogP contribution is -2.30. The van der Waals surface area contributed by atoms with Crippen molar-refractivity contribution >= 4 is 65.4 Å². The van der Waals surface area contributed by atoms with Crippen LogP contribution in [0.3, 0.4) is 0 Å². The first-order chi connectivity index (χ1) is 33.9. The van der Waals surface area contributed by atoms with Crippen LogP contribution in [-0.2, 0) is 0 Å². The van der Waals surface area contributed by atoms with Crippen LogP contribution in [0, 0.1) is 13.8 Å². The zero-order chi connectivity index (χ0) is 48.6. The molecule has 69 heavy (non-hydrogen) atoms. The fourth-order valence-corrected chi connectivity index (χ4v) is 12.9. The van der Waals surface area contributed by atoms with Gasteiger partial charge in [0.15, 0.2) is 0 Å². The maximum atomic E-state index is 14.4. The van der Waals surface area contributed by atoms with Crippen molar-refractivity contribution in [2.75, 3.05) is 19.8 Å². The molecular weight excluding hydrogens is 887 g/mol. The third kappa shape index (κ3) is 16.0. The molecule has 5 aromatic rings. The Kier molecular flexibility index (Phi) is 24.2. The molecule has 3 heterocycles. The Balaban J connectivity index is 1.20. The fourth-order valence-electron chi connectivity index (χ4n) is 10.7. The maximum Gasteiger partial charge on any atom is 0.262 e. The van der Waals surface area contributed by atoms with E-state index in [1.165, 1.54) is 193 Å². The minimum atomic E-state index is -0.143. The standard InChI is InChI=1S/C62H91NO4S2/c1-6-9-12-15-18-21-24-25-26-29-32-35-40-63-61(64)55-47(4)38-39-51(56(55)62(63)65)54-46-50-45-53(67-42-37-34-31-28-23-20-17-14-11-8-3)57-58(60(50)69-54)52(44-49-43-48(5)68-59(49)57)66-41-36-33-30-27-22-19-16-13-10-7-2/h38-39,43-46H,6-37,40-42H2,1-5H3. The number of benzene rings is 3. The van der Waals surface area contributed by atoms with Crippen molar-refractivity contribution in [2.24, 2.45) is 0 Å². The van der Waals surface area contributed by atoms with Crippen LogP contribution in [0.2, 0.25) is 0 Å². The number of carbonyl (C=O) groups is 2. The van der Waals surface area contributed by atoms with Crippen molar-refractivity contribution in [3.63, 3.8) is 0 Å². The van der Waals surface area contributed by atoms with E-state index < -0.39 is 0 Å². The van der Waals surface area contributed by atoms with E-state index in [-0.39, 0.29) is 11.8 Å². The van der Waals surface area contributed by atoms with Gasteiger partial charge in [0, 0.05) is 42.0 Å². The molecule has 0 unspecified atom stereocenters. The zero-order valence-electron chi connectivity index (χ0n) is 44.1. The predicted octanol–water partition coefficient (Wildman–Crippen LogP) is 20.4. The summed E-state index contributed by atoms with van der Waals surface area (Å²) in [5, 5.41) is 4.56. The first kappa shape index (κ1) is 54.9. The van der Waals surface area contributed by atoms with Crippen LogP contribution in [0.4, 0.5) is 0 Å². The molecule has 6 rings (SSSR count). The monoisotopic (exact) mass is 978 g/mol. The summed E-state index contributed by atoms with van der Waals surface area (Å²) in [4.78, 5) is 32.3. The lowest BCUT2D eigenvalue weighted by molar-refractivity contribution is 0.0651. The van der Waals surface area contributed by atoms with Gasteiger partial charge < -0.3 is 9.47 Å². The molecule has 0 radical (unpaired) electrons. The first-order valence-electron chi connectivity index (χ1n) is 28.6. The number of imide groups is 1. The van der Waals surface area contributed by atoms with Crippen LogP contribution in [0.25, 0.3) is 41.4 Å². The second kappa shape index (κ2) is 30.5. The molecule has 1 aliphatic heterocycles. The molecule has 0 N–H and O–H groups in total. The van der Waals surface area contributed by atoms with E-state index in [1.54, 1.807) is 11.3 Å². The topological polar surface area (TPSA) is 55.8 Å². The van der Waals surface area contributed by atoms with Crippen molar-refractivity contribution in [1.82, 2.24) is 4.90 Å². The van der Waals surface area contributed by atoms with Crippen molar-refractivity contribution in [2.45, 2.75) is 240 Å². The van der Waals surface area contributed by atoms with Gasteiger partial charge in [-0.1, -0.05) is 219 Å². The molecule has 0 spiro atoms. The summed E-state index contributed by atoms with van der Waals surface area (Å²) < 4.78 is 16.2. The van der Waals surface area contributed by atoms with Crippen LogP contribution in [0.1, 0.15) is 257 Å². The van der Waals surface area contributed by atoms with Gasteiger partial charge in [-0.3, -0.25) is 14.5 Å². The summed E-state index contributed by atoms with van der Waals surface area (Å²) in [7, 11) is 0. The van der Waals surface area contributed by atoms with Gasteiger partial charge in [-0.15, -0.1) is 22.7 Å². The van der Waals surface area contributed by atoms with Gasteiger partial charge in [0.1, 0.15) is 11.5 Å². The summed E-state index contributed by atoms with van der Waals surface area (Å²) in [6, 6.07) is 13.2. The highest BCUT2D eigenvalue weighted by Gasteiger charge is 2.39. The Hall–Kier alpha value is -3.42. The van der Waals surface area contributed by atoms with E-state index in [0.29, 0.717) is 30.9 Å². The summed E-state index contributed by atoms with van der Waals surface area (Å²) in [6.07, 6.45) is 40.8. The summed E-state index contributed by atoms with van der Waals surface area (Å²) >= 11 is 3.56. The van der Waals surface area contributed by atoms with Gasteiger partial charge in [0.25, 0.3) is 11.8 Å². The van der Waals surface area contributed by atoms with Gasteiger partial charge in [-0.05, 0) is 73.7 Å². The van der Waals surface area contributed by atoms with Crippen LogP contribution in [-0.4, -0.2) is 36.5 Å². The Bertz CT molecular complexity index is 2300. The highest BCUT2D eigenvalue weighted by atomic mass is 32.1. The second-order valence-electron chi connectivity index (χ2n) is 20.7. The van der Waals surface area contributed by atoms with E-state index in [2.05, 4.69) is 58.0 Å². The van der Waals surface area contributed by atoms with Crippen molar-refractivity contribution in [3.8, 4) is 21.9 Å². The summed E-state index contributed by atoms with van der Waals surface area (Å²) in [6.45, 7) is 12.9. The molecule has 380 valence electrons. The summed E-state index contributed by atoms with van der Waals surface area (Å²) in [5.41, 5.74) is 2.88. The molecule has 0 saturated heterocycles. The number of unbranched alkanes of at least 4 members (excludes halogenated alkanes) is 29. The maximum absolute atomic E-state index is 14.4. The number of carbonyl (C=O) groups excluding carboxylic acids is 2. The van der Waals surface area contributed by atoms with E-state index in [0.717, 1.165) is 80.5 Å². The molecule has 0 bridgehead atoms. The molecule has 3 aromatic carbocycles. The van der Waals surface area contributed by atoms with E-state index in [1.807, 2.05) is 24.3 Å². The summed E-state index contributed by atoms with van der Waals surface area (Å²) in [5.74, 6) is 1.56. The van der Waals surface area contributed by atoms with Crippen molar-refractivity contribution in [1.29, 1.82) is 0 Å². The van der Waals surface area contributed by atoms with Crippen LogP contribution < -0.4 is 9.47 Å². The minimum absolute atomic E-state index is 0.134. The highest BCUT2D eigenvalue weighted by Crippen LogP contribution is 2.50. The molecule has 0 fully saturated rings. The van der Waals surface area contributed by atoms with E-state index >= 15 is 0 Å². The van der Waals surface area contributed by atoms with Gasteiger partial charge in [-0.2, -0.15) is 0 Å². The lowest BCUT2D eigenvalue weighted by Gasteiger charge is -2.15. The van der Waals surface area contributed by atoms with Crippen LogP contribution >= 0.6 is 22.7 Å². The molecule has 1 aliphatic rings. The minimum Gasteiger partial charge on any atom is -0.493 e. The largest absolute Gasteiger partial charge is 0.493 e. The van der Waals surface area contributed by atoms with Crippen LogP contribution in [0.5, 0.6) is 11.5 Å². The molecule has 0 atom stereocenters.